The Hall–Kier alpha value is -0.870. The molecule has 3 nitrogen and oxygen atoms in total. The van der Waals surface area contributed by atoms with Crippen LogP contribution in [-0.4, -0.2) is 18.5 Å². The minimum atomic E-state index is -0.329. The number of anilines is 1. The van der Waals surface area contributed by atoms with E-state index in [-0.39, 0.29) is 11.9 Å². The van der Waals surface area contributed by atoms with Gasteiger partial charge in [-0.15, -0.1) is 0 Å². The van der Waals surface area contributed by atoms with E-state index in [1.165, 1.54) is 0 Å². The van der Waals surface area contributed by atoms with Gasteiger partial charge in [0.05, 0.1) is 6.04 Å². The van der Waals surface area contributed by atoms with Gasteiger partial charge in [0.25, 0.3) is 0 Å². The van der Waals surface area contributed by atoms with Crippen molar-refractivity contribution in [1.29, 1.82) is 0 Å². The van der Waals surface area contributed by atoms with Crippen molar-refractivity contribution in [2.45, 2.75) is 19.4 Å². The molecule has 1 fully saturated rings. The van der Waals surface area contributed by atoms with Crippen LogP contribution >= 0.6 is 15.9 Å². The fourth-order valence-electron chi connectivity index (χ4n) is 1.83. The number of amides is 1. The third-order valence-corrected chi connectivity index (χ3v) is 3.04. The summed E-state index contributed by atoms with van der Waals surface area (Å²) in [7, 11) is 0. The van der Waals surface area contributed by atoms with E-state index < -0.39 is 0 Å². The minimum Gasteiger partial charge on any atom is -0.320 e. The number of nitrogens with two attached hydrogens (primary N) is 1. The molecule has 0 spiro atoms. The van der Waals surface area contributed by atoms with Crippen molar-refractivity contribution >= 4 is 27.5 Å². The fraction of sp³-hybridized carbons (Fsp3) is 0.364. The molecule has 0 aromatic heterocycles. The highest BCUT2D eigenvalue weighted by atomic mass is 79.9. The van der Waals surface area contributed by atoms with Crippen molar-refractivity contribution in [3.63, 3.8) is 0 Å². The summed E-state index contributed by atoms with van der Waals surface area (Å²) >= 11 is 3.43. The third-order valence-electron chi connectivity index (χ3n) is 2.59. The lowest BCUT2D eigenvalue weighted by Crippen LogP contribution is -2.33. The number of carbonyl (C=O) groups is 1. The van der Waals surface area contributed by atoms with Gasteiger partial charge in [0, 0.05) is 16.7 Å². The Balaban J connectivity index is 2.34. The second-order valence-corrected chi connectivity index (χ2v) is 4.79. The first-order valence-corrected chi connectivity index (χ1v) is 5.71. The molecule has 2 N–H and O–H groups in total. The summed E-state index contributed by atoms with van der Waals surface area (Å²) < 4.78 is 0.991. The van der Waals surface area contributed by atoms with Crippen LogP contribution in [0.1, 0.15) is 12.0 Å². The van der Waals surface area contributed by atoms with Crippen LogP contribution in [0.2, 0.25) is 0 Å². The fourth-order valence-corrected chi connectivity index (χ4v) is 2.43. The molecule has 15 heavy (non-hydrogen) atoms. The van der Waals surface area contributed by atoms with Crippen LogP contribution in [-0.2, 0) is 4.79 Å². The van der Waals surface area contributed by atoms with Gasteiger partial charge < -0.3 is 10.6 Å². The Morgan fingerprint density at radius 3 is 2.73 bits per heavy atom. The topological polar surface area (TPSA) is 46.3 Å². The lowest BCUT2D eigenvalue weighted by Gasteiger charge is -2.17. The van der Waals surface area contributed by atoms with Crippen LogP contribution in [0.15, 0.2) is 22.7 Å². The molecule has 1 aliphatic heterocycles. The van der Waals surface area contributed by atoms with E-state index in [0.717, 1.165) is 28.7 Å². The lowest BCUT2D eigenvalue weighted by atomic mass is 10.2. The summed E-state index contributed by atoms with van der Waals surface area (Å²) in [5.41, 5.74) is 7.74. The van der Waals surface area contributed by atoms with E-state index >= 15 is 0 Å². The molecule has 0 aliphatic carbocycles. The van der Waals surface area contributed by atoms with Crippen molar-refractivity contribution in [2.24, 2.45) is 5.73 Å². The molecule has 0 saturated carbocycles. The van der Waals surface area contributed by atoms with Crippen LogP contribution in [0.25, 0.3) is 0 Å². The van der Waals surface area contributed by atoms with E-state index in [1.807, 2.05) is 25.1 Å². The Kier molecular flexibility index (Phi) is 2.80. The number of carbonyl (C=O) groups excluding carboxylic acids is 1. The molecule has 1 unspecified atom stereocenters. The first kappa shape index (κ1) is 10.6. The maximum absolute atomic E-state index is 11.7. The summed E-state index contributed by atoms with van der Waals surface area (Å²) in [5, 5.41) is 0. The van der Waals surface area contributed by atoms with Crippen molar-refractivity contribution < 1.29 is 4.79 Å². The standard InChI is InChI=1S/C11H13BrN2O/c1-7-4-8(12)6-9(5-7)14-3-2-10(13)11(14)15/h4-6,10H,2-3,13H2,1H3. The molecule has 1 aliphatic rings. The molecule has 1 aromatic rings. The van der Waals surface area contributed by atoms with Crippen LogP contribution in [0.3, 0.4) is 0 Å². The molecule has 1 heterocycles. The zero-order valence-corrected chi connectivity index (χ0v) is 10.1. The predicted molar refractivity (Wildman–Crippen MR) is 63.8 cm³/mol. The van der Waals surface area contributed by atoms with E-state index in [1.54, 1.807) is 4.90 Å². The molecule has 1 amide bonds. The molecule has 1 atom stereocenters. The summed E-state index contributed by atoms with van der Waals surface area (Å²) in [5.74, 6) is 0.0208. The minimum absolute atomic E-state index is 0.0208. The molecule has 1 saturated heterocycles. The number of nitrogens with zero attached hydrogens (tertiary/aromatic N) is 1. The van der Waals surface area contributed by atoms with Crippen LogP contribution < -0.4 is 10.6 Å². The second kappa shape index (κ2) is 3.94. The first-order chi connectivity index (χ1) is 7.08. The van der Waals surface area contributed by atoms with Gasteiger partial charge in [-0.1, -0.05) is 15.9 Å². The van der Waals surface area contributed by atoms with Gasteiger partial charge in [0.2, 0.25) is 5.91 Å². The van der Waals surface area contributed by atoms with Gasteiger partial charge in [-0.25, -0.2) is 0 Å². The number of hydrogen-bond donors (Lipinski definition) is 1. The Morgan fingerprint density at radius 2 is 2.20 bits per heavy atom. The van der Waals surface area contributed by atoms with Gasteiger partial charge in [0.15, 0.2) is 0 Å². The smallest absolute Gasteiger partial charge is 0.243 e. The zero-order chi connectivity index (χ0) is 11.0. The molecule has 0 bridgehead atoms. The van der Waals surface area contributed by atoms with Crippen molar-refractivity contribution in [3.8, 4) is 0 Å². The maximum Gasteiger partial charge on any atom is 0.243 e. The SMILES string of the molecule is Cc1cc(Br)cc(N2CCC(N)C2=O)c1. The van der Waals surface area contributed by atoms with Crippen LogP contribution in [0.5, 0.6) is 0 Å². The van der Waals surface area contributed by atoms with Crippen LogP contribution in [0, 0.1) is 6.92 Å². The number of halogens is 1. The summed E-state index contributed by atoms with van der Waals surface area (Å²) in [4.78, 5) is 13.5. The Morgan fingerprint density at radius 1 is 1.47 bits per heavy atom. The van der Waals surface area contributed by atoms with Crippen LogP contribution in [0.4, 0.5) is 5.69 Å². The molecule has 80 valence electrons. The predicted octanol–water partition coefficient (Wildman–Crippen LogP) is 1.82. The van der Waals surface area contributed by atoms with Gasteiger partial charge in [0.1, 0.15) is 0 Å². The highest BCUT2D eigenvalue weighted by molar-refractivity contribution is 9.10. The number of benzene rings is 1. The number of rotatable bonds is 1. The van der Waals surface area contributed by atoms with E-state index in [0.29, 0.717) is 0 Å². The monoisotopic (exact) mass is 268 g/mol. The highest BCUT2D eigenvalue weighted by Gasteiger charge is 2.29. The molecule has 1 aromatic carbocycles. The zero-order valence-electron chi connectivity index (χ0n) is 8.53. The Labute approximate surface area is 97.4 Å². The lowest BCUT2D eigenvalue weighted by molar-refractivity contribution is -0.118. The quantitative estimate of drug-likeness (QED) is 0.845. The summed E-state index contributed by atoms with van der Waals surface area (Å²) in [6, 6.07) is 5.64. The number of aryl methyl sites for hydroxylation is 1. The molecule has 2 rings (SSSR count). The normalized spacial score (nSPS) is 21.1. The third kappa shape index (κ3) is 2.06. The van der Waals surface area contributed by atoms with Crippen molar-refractivity contribution in [3.05, 3.63) is 28.2 Å². The van der Waals surface area contributed by atoms with Gasteiger partial charge in [-0.05, 0) is 37.1 Å². The summed E-state index contributed by atoms with van der Waals surface area (Å²) in [6.07, 6.45) is 0.740. The average molecular weight is 269 g/mol. The molecule has 0 radical (unpaired) electrons. The second-order valence-electron chi connectivity index (χ2n) is 3.87. The van der Waals surface area contributed by atoms with Crippen molar-refractivity contribution in [2.75, 3.05) is 11.4 Å². The highest BCUT2D eigenvalue weighted by Crippen LogP contribution is 2.25. The Bertz CT molecular complexity index is 385. The number of hydrogen-bond acceptors (Lipinski definition) is 2. The van der Waals surface area contributed by atoms with E-state index in [9.17, 15) is 4.79 Å². The molecular formula is C11H13BrN2O. The van der Waals surface area contributed by atoms with Crippen molar-refractivity contribution in [1.82, 2.24) is 0 Å². The van der Waals surface area contributed by atoms with Gasteiger partial charge in [-0.2, -0.15) is 0 Å². The van der Waals surface area contributed by atoms with E-state index in [2.05, 4.69) is 15.9 Å². The molecule has 4 heteroatoms. The molecular weight excluding hydrogens is 256 g/mol. The van der Waals surface area contributed by atoms with Gasteiger partial charge >= 0.3 is 0 Å². The first-order valence-electron chi connectivity index (χ1n) is 4.92. The van der Waals surface area contributed by atoms with Gasteiger partial charge in [-0.3, -0.25) is 4.79 Å². The largest absolute Gasteiger partial charge is 0.320 e. The van der Waals surface area contributed by atoms with E-state index in [4.69, 9.17) is 5.73 Å². The summed E-state index contributed by atoms with van der Waals surface area (Å²) in [6.45, 7) is 2.73. The average Bonchev–Trinajstić information content (AvgIpc) is 2.46. The maximum atomic E-state index is 11.7.